The molecule has 58 heavy (non-hydrogen) atoms. The van der Waals surface area contributed by atoms with Gasteiger partial charge in [-0.3, -0.25) is 19.3 Å². The molecule has 1 aliphatic carbocycles. The van der Waals surface area contributed by atoms with Crippen LogP contribution in [-0.2, 0) is 20.8 Å². The topological polar surface area (TPSA) is 124 Å². The molecule has 10 nitrogen and oxygen atoms in total. The second kappa shape index (κ2) is 20.3. The van der Waals surface area contributed by atoms with Crippen LogP contribution in [0.5, 0.6) is 5.88 Å². The Labute approximate surface area is 351 Å². The number of carbonyl (C=O) groups excluding carboxylic acids is 3. The zero-order valence-electron chi connectivity index (χ0n) is 36.2. The largest absolute Gasteiger partial charge is 0.481 e. The number of nitrogens with zero attached hydrogens (tertiary/aromatic N) is 3. The maximum atomic E-state index is 13.4. The maximum Gasteiger partial charge on any atom is 0.266 e. The van der Waals surface area contributed by atoms with Crippen LogP contribution >= 0.6 is 11.6 Å². The van der Waals surface area contributed by atoms with E-state index in [0.29, 0.717) is 28.3 Å². The first kappa shape index (κ1) is 46.0. The van der Waals surface area contributed by atoms with Gasteiger partial charge in [0, 0.05) is 54.1 Å². The molecule has 2 aromatic carbocycles. The van der Waals surface area contributed by atoms with Gasteiger partial charge in [0.25, 0.3) is 11.8 Å². The Bertz CT molecular complexity index is 2010. The lowest BCUT2D eigenvalue weighted by atomic mass is 9.85. The molecule has 3 aliphatic rings. The molecular formula is C47H64ClN5O5. The van der Waals surface area contributed by atoms with Gasteiger partial charge in [-0.05, 0) is 93.0 Å². The van der Waals surface area contributed by atoms with E-state index in [4.69, 9.17) is 21.3 Å². The third kappa shape index (κ3) is 10.3. The summed E-state index contributed by atoms with van der Waals surface area (Å²) in [5.41, 5.74) is 7.02. The number of nitrogens with one attached hydrogen (secondary N) is 2. The number of aromatic nitrogens is 1. The summed E-state index contributed by atoms with van der Waals surface area (Å²) >= 11 is 7.05. The number of aliphatic hydroxyl groups is 1. The van der Waals surface area contributed by atoms with Crippen LogP contribution in [0.25, 0.3) is 22.4 Å². The highest BCUT2D eigenvalue weighted by Crippen LogP contribution is 2.43. The summed E-state index contributed by atoms with van der Waals surface area (Å²) in [6.07, 6.45) is 9.28. The third-order valence-corrected chi connectivity index (χ3v) is 12.2. The van der Waals surface area contributed by atoms with Crippen molar-refractivity contribution in [2.24, 2.45) is 5.92 Å². The van der Waals surface area contributed by atoms with E-state index in [1.54, 1.807) is 32.0 Å². The van der Waals surface area contributed by atoms with E-state index in [0.717, 1.165) is 72.4 Å². The number of hydrogen-bond donors (Lipinski definition) is 3. The van der Waals surface area contributed by atoms with Crippen molar-refractivity contribution in [3.8, 4) is 28.3 Å². The van der Waals surface area contributed by atoms with Crippen LogP contribution in [0.3, 0.4) is 0 Å². The van der Waals surface area contributed by atoms with E-state index in [1.807, 2.05) is 51.1 Å². The summed E-state index contributed by atoms with van der Waals surface area (Å²) in [5.74, 6) is 1.43. The fraction of sp³-hybridized carbons (Fsp3) is 0.489. The van der Waals surface area contributed by atoms with Crippen molar-refractivity contribution in [2.75, 3.05) is 26.0 Å². The number of amides is 3. The molecule has 6 rings (SSSR count). The molecule has 0 saturated carbocycles. The van der Waals surface area contributed by atoms with E-state index < -0.39 is 17.9 Å². The standard InChI is InChI=1S/C33H35ClN4O4.C12H23NO.C2H6/c1-18-13-14-22-15-28(36-32(42-6)29(18)22)25-11-7-10-24(30(25)34)23-9-8-12-27(20(23)3)35-31(40)26-17-38(16-19(2)39)21(4)37(5)33(26)41;1-4-10(3)6-8-12(5-2)9-7-11(14)13-12;1-2/h7-12,15,17-19,39H,4,13-14,16H2,1-3,5-6H3,(H,35,40);10H,4-9H2,1-3H3,(H,13,14);1-2H3. The molecule has 3 amide bonds. The van der Waals surface area contributed by atoms with Gasteiger partial charge >= 0.3 is 0 Å². The van der Waals surface area contributed by atoms with Crippen LogP contribution < -0.4 is 15.4 Å². The Balaban J connectivity index is 0.000000392. The summed E-state index contributed by atoms with van der Waals surface area (Å²) in [6.45, 7) is 20.5. The molecule has 0 radical (unpaired) electrons. The first-order valence-corrected chi connectivity index (χ1v) is 21.2. The van der Waals surface area contributed by atoms with Gasteiger partial charge in [-0.1, -0.05) is 96.5 Å². The second-order valence-electron chi connectivity index (χ2n) is 15.7. The Kier molecular flexibility index (Phi) is 16.1. The Hall–Kier alpha value is -4.67. The summed E-state index contributed by atoms with van der Waals surface area (Å²) in [5, 5.41) is 16.5. The number of halogens is 1. The van der Waals surface area contributed by atoms with Gasteiger partial charge in [-0.25, -0.2) is 4.98 Å². The van der Waals surface area contributed by atoms with E-state index in [9.17, 15) is 19.5 Å². The van der Waals surface area contributed by atoms with Crippen LogP contribution in [0.4, 0.5) is 5.69 Å². The molecule has 3 N–H and O–H groups in total. The quantitative estimate of drug-likeness (QED) is 0.156. The lowest BCUT2D eigenvalue weighted by Crippen LogP contribution is -2.44. The zero-order chi connectivity index (χ0) is 42.9. The predicted molar refractivity (Wildman–Crippen MR) is 236 cm³/mol. The smallest absolute Gasteiger partial charge is 0.266 e. The van der Waals surface area contributed by atoms with Crippen LogP contribution in [0.2, 0.25) is 5.02 Å². The van der Waals surface area contributed by atoms with E-state index in [-0.39, 0.29) is 23.6 Å². The number of methoxy groups -OCH3 is 1. The number of rotatable bonds is 12. The molecule has 4 atom stereocenters. The molecule has 3 aromatic rings. The second-order valence-corrected chi connectivity index (χ2v) is 16.1. The minimum atomic E-state index is -0.681. The molecule has 0 spiro atoms. The highest BCUT2D eigenvalue weighted by atomic mass is 35.5. The summed E-state index contributed by atoms with van der Waals surface area (Å²) < 4.78 is 5.67. The van der Waals surface area contributed by atoms with Gasteiger partial charge in [0.15, 0.2) is 0 Å². The van der Waals surface area contributed by atoms with E-state index >= 15 is 0 Å². The normalized spacial score (nSPS) is 19.6. The molecule has 11 heteroatoms. The van der Waals surface area contributed by atoms with Gasteiger partial charge in [-0.2, -0.15) is 0 Å². The minimum absolute atomic E-state index is 0.0543. The van der Waals surface area contributed by atoms with E-state index in [1.165, 1.54) is 35.1 Å². The maximum absolute atomic E-state index is 13.4. The monoisotopic (exact) mass is 813 g/mol. The first-order chi connectivity index (χ1) is 27.6. The molecule has 2 aliphatic heterocycles. The lowest BCUT2D eigenvalue weighted by molar-refractivity contribution is -0.128. The lowest BCUT2D eigenvalue weighted by Gasteiger charge is -2.35. The Morgan fingerprint density at radius 3 is 2.41 bits per heavy atom. The minimum Gasteiger partial charge on any atom is -0.481 e. The van der Waals surface area contributed by atoms with Gasteiger partial charge in [0.2, 0.25) is 11.8 Å². The highest BCUT2D eigenvalue weighted by Gasteiger charge is 2.36. The fourth-order valence-corrected chi connectivity index (χ4v) is 8.15. The van der Waals surface area contributed by atoms with Crippen molar-refractivity contribution in [3.05, 3.63) is 88.4 Å². The summed E-state index contributed by atoms with van der Waals surface area (Å²) in [4.78, 5) is 45.2. The van der Waals surface area contributed by atoms with Gasteiger partial charge in [0.1, 0.15) is 11.4 Å². The highest BCUT2D eigenvalue weighted by molar-refractivity contribution is 6.36. The number of pyridine rings is 1. The molecule has 1 saturated heterocycles. The number of hydrogen-bond acceptors (Lipinski definition) is 7. The van der Waals surface area contributed by atoms with Crippen molar-refractivity contribution < 1.29 is 24.2 Å². The average Bonchev–Trinajstić information content (AvgIpc) is 3.80. The van der Waals surface area contributed by atoms with Crippen LogP contribution in [0.1, 0.15) is 116 Å². The van der Waals surface area contributed by atoms with Gasteiger partial charge in [-0.15, -0.1) is 0 Å². The average molecular weight is 815 g/mol. The summed E-state index contributed by atoms with van der Waals surface area (Å²) in [6, 6.07) is 13.5. The number of fused-ring (bicyclic) bond motifs is 1. The number of likely N-dealkylation sites (N-methyl/N-ethyl adjacent to an activating group) is 1. The van der Waals surface area contributed by atoms with Gasteiger partial charge in [0.05, 0.1) is 23.9 Å². The van der Waals surface area contributed by atoms with E-state index in [2.05, 4.69) is 51.0 Å². The SMILES string of the molecule is C=C1N(CC(C)O)C=C(C(=O)Nc2cccc(-c3cccc(-c4cc5c(c(OC)n4)C(C)CC5)c3Cl)c2C)C(=O)N1C.CC.CCC(C)CCC1(CC)CCC(=O)N1. The summed E-state index contributed by atoms with van der Waals surface area (Å²) in [7, 11) is 3.20. The van der Waals surface area contributed by atoms with Crippen molar-refractivity contribution in [1.29, 1.82) is 0 Å². The van der Waals surface area contributed by atoms with Crippen molar-refractivity contribution in [2.45, 2.75) is 124 Å². The van der Waals surface area contributed by atoms with Crippen LogP contribution in [-0.4, -0.2) is 70.0 Å². The van der Waals surface area contributed by atoms with Crippen molar-refractivity contribution in [3.63, 3.8) is 0 Å². The van der Waals surface area contributed by atoms with Crippen LogP contribution in [0.15, 0.2) is 66.6 Å². The number of anilines is 1. The van der Waals surface area contributed by atoms with Crippen molar-refractivity contribution in [1.82, 2.24) is 20.1 Å². The number of benzene rings is 2. The molecule has 1 aromatic heterocycles. The Morgan fingerprint density at radius 1 is 1.12 bits per heavy atom. The molecular weight excluding hydrogens is 750 g/mol. The molecule has 3 heterocycles. The number of aryl methyl sites for hydroxylation is 1. The molecule has 0 bridgehead atoms. The van der Waals surface area contributed by atoms with Gasteiger partial charge < -0.3 is 25.4 Å². The fourth-order valence-electron chi connectivity index (χ4n) is 7.82. The number of β-amino-alcohol motifs (C(OH)–C–C–N with tert-alkyl or cyclic N) is 1. The van der Waals surface area contributed by atoms with Crippen molar-refractivity contribution >= 4 is 35.0 Å². The first-order valence-electron chi connectivity index (χ1n) is 20.9. The third-order valence-electron chi connectivity index (χ3n) is 11.8. The van der Waals surface area contributed by atoms with Crippen LogP contribution in [0, 0.1) is 12.8 Å². The zero-order valence-corrected chi connectivity index (χ0v) is 37.0. The molecule has 1 fully saturated rings. The number of aliphatic hydroxyl groups excluding tert-OH is 1. The molecule has 4 unspecified atom stereocenters. The number of carbonyl (C=O) groups is 3. The Morgan fingerprint density at radius 2 is 1.79 bits per heavy atom. The predicted octanol–water partition coefficient (Wildman–Crippen LogP) is 9.78. The molecule has 314 valence electrons. The number of ether oxygens (including phenoxy) is 1.